The van der Waals surface area contributed by atoms with Gasteiger partial charge >= 0.3 is 0 Å². The normalized spacial score (nSPS) is 13.8. The van der Waals surface area contributed by atoms with Crippen LogP contribution in [0.3, 0.4) is 0 Å². The molecule has 0 saturated heterocycles. The fourth-order valence-corrected chi connectivity index (χ4v) is 2.42. The molecule has 1 unspecified atom stereocenters. The predicted octanol–water partition coefficient (Wildman–Crippen LogP) is 3.64. The SMILES string of the molecule is CCNC(C)c1ccc(SC(C)(C)C)cn1. The van der Waals surface area contributed by atoms with E-state index in [-0.39, 0.29) is 4.75 Å². The summed E-state index contributed by atoms with van der Waals surface area (Å²) in [5.41, 5.74) is 1.11. The number of rotatable bonds is 4. The number of hydrogen-bond acceptors (Lipinski definition) is 3. The van der Waals surface area contributed by atoms with Gasteiger partial charge in [-0.15, -0.1) is 11.8 Å². The summed E-state index contributed by atoms with van der Waals surface area (Å²) in [7, 11) is 0. The molecular formula is C13H22N2S. The molecule has 1 aromatic heterocycles. The van der Waals surface area contributed by atoms with Crippen molar-refractivity contribution in [3.05, 3.63) is 24.0 Å². The molecule has 1 atom stereocenters. The van der Waals surface area contributed by atoms with Crippen molar-refractivity contribution in [2.75, 3.05) is 6.54 Å². The number of pyridine rings is 1. The van der Waals surface area contributed by atoms with Gasteiger partial charge in [-0.05, 0) is 25.6 Å². The van der Waals surface area contributed by atoms with E-state index in [0.29, 0.717) is 6.04 Å². The molecule has 1 rings (SSSR count). The van der Waals surface area contributed by atoms with Gasteiger partial charge in [0.1, 0.15) is 0 Å². The van der Waals surface area contributed by atoms with Crippen molar-refractivity contribution in [1.29, 1.82) is 0 Å². The zero-order valence-corrected chi connectivity index (χ0v) is 11.7. The van der Waals surface area contributed by atoms with Crippen LogP contribution in [-0.4, -0.2) is 16.3 Å². The molecule has 0 saturated carbocycles. The summed E-state index contributed by atoms with van der Waals surface area (Å²) in [6.45, 7) is 11.9. The van der Waals surface area contributed by atoms with Crippen LogP contribution in [0.2, 0.25) is 0 Å². The third-order valence-electron chi connectivity index (χ3n) is 2.14. The summed E-state index contributed by atoms with van der Waals surface area (Å²) >= 11 is 1.85. The summed E-state index contributed by atoms with van der Waals surface area (Å²) in [5, 5.41) is 3.36. The van der Waals surface area contributed by atoms with Crippen LogP contribution in [0.15, 0.2) is 23.2 Å². The number of nitrogens with one attached hydrogen (secondary N) is 1. The van der Waals surface area contributed by atoms with Crippen molar-refractivity contribution in [2.45, 2.75) is 50.3 Å². The summed E-state index contributed by atoms with van der Waals surface area (Å²) < 4.78 is 0.247. The Balaban J connectivity index is 2.68. The van der Waals surface area contributed by atoms with Crippen molar-refractivity contribution >= 4 is 11.8 Å². The molecule has 1 heterocycles. The van der Waals surface area contributed by atoms with Gasteiger partial charge in [0.2, 0.25) is 0 Å². The van der Waals surface area contributed by atoms with E-state index in [2.05, 4.69) is 57.1 Å². The van der Waals surface area contributed by atoms with Crippen molar-refractivity contribution in [3.63, 3.8) is 0 Å². The fourth-order valence-electron chi connectivity index (χ4n) is 1.47. The molecule has 0 aliphatic rings. The maximum atomic E-state index is 4.50. The van der Waals surface area contributed by atoms with Gasteiger partial charge in [-0.2, -0.15) is 0 Å². The lowest BCUT2D eigenvalue weighted by molar-refractivity contribution is 0.582. The summed E-state index contributed by atoms with van der Waals surface area (Å²) in [4.78, 5) is 5.73. The highest BCUT2D eigenvalue weighted by atomic mass is 32.2. The quantitative estimate of drug-likeness (QED) is 0.811. The van der Waals surface area contributed by atoms with Gasteiger partial charge < -0.3 is 5.32 Å². The zero-order chi connectivity index (χ0) is 12.2. The highest BCUT2D eigenvalue weighted by Gasteiger charge is 2.12. The average Bonchev–Trinajstić information content (AvgIpc) is 2.16. The Kier molecular flexibility index (Phi) is 4.81. The van der Waals surface area contributed by atoms with Crippen LogP contribution in [0.4, 0.5) is 0 Å². The molecule has 16 heavy (non-hydrogen) atoms. The zero-order valence-electron chi connectivity index (χ0n) is 10.9. The predicted molar refractivity (Wildman–Crippen MR) is 71.9 cm³/mol. The molecule has 0 amide bonds. The maximum absolute atomic E-state index is 4.50. The number of nitrogens with zero attached hydrogens (tertiary/aromatic N) is 1. The summed E-state index contributed by atoms with van der Waals surface area (Å²) in [6.07, 6.45) is 1.97. The van der Waals surface area contributed by atoms with Crippen LogP contribution in [0, 0.1) is 0 Å². The Bertz CT molecular complexity index is 314. The highest BCUT2D eigenvalue weighted by molar-refractivity contribution is 8.00. The Morgan fingerprint density at radius 3 is 2.50 bits per heavy atom. The first-order valence-corrected chi connectivity index (χ1v) is 6.62. The first kappa shape index (κ1) is 13.5. The van der Waals surface area contributed by atoms with Crippen LogP contribution < -0.4 is 5.32 Å². The molecule has 0 spiro atoms. The molecule has 0 aliphatic heterocycles. The lowest BCUT2D eigenvalue weighted by Gasteiger charge is -2.18. The van der Waals surface area contributed by atoms with E-state index in [1.165, 1.54) is 4.90 Å². The number of thioether (sulfide) groups is 1. The molecule has 1 aromatic rings. The van der Waals surface area contributed by atoms with E-state index >= 15 is 0 Å². The maximum Gasteiger partial charge on any atom is 0.0571 e. The molecule has 0 aliphatic carbocycles. The average molecular weight is 238 g/mol. The van der Waals surface area contributed by atoms with Crippen molar-refractivity contribution in [2.24, 2.45) is 0 Å². The second kappa shape index (κ2) is 5.69. The van der Waals surface area contributed by atoms with Crippen molar-refractivity contribution in [3.8, 4) is 0 Å². The molecule has 3 heteroatoms. The van der Waals surface area contributed by atoms with E-state index < -0.39 is 0 Å². The molecule has 90 valence electrons. The van der Waals surface area contributed by atoms with E-state index in [9.17, 15) is 0 Å². The second-order valence-corrected chi connectivity index (χ2v) is 6.81. The lowest BCUT2D eigenvalue weighted by atomic mass is 10.2. The monoisotopic (exact) mass is 238 g/mol. The van der Waals surface area contributed by atoms with Gasteiger partial charge in [0.05, 0.1) is 5.69 Å². The van der Waals surface area contributed by atoms with Crippen LogP contribution in [0.25, 0.3) is 0 Å². The standard InChI is InChI=1S/C13H22N2S/c1-6-14-10(2)12-8-7-11(9-15-12)16-13(3,4)5/h7-10,14H,6H2,1-5H3. The van der Waals surface area contributed by atoms with Gasteiger partial charge in [-0.1, -0.05) is 27.7 Å². The molecule has 0 aromatic carbocycles. The third kappa shape index (κ3) is 4.54. The van der Waals surface area contributed by atoms with Crippen LogP contribution in [0.5, 0.6) is 0 Å². The molecule has 0 fully saturated rings. The van der Waals surface area contributed by atoms with E-state index in [1.54, 1.807) is 0 Å². The van der Waals surface area contributed by atoms with Crippen LogP contribution >= 0.6 is 11.8 Å². The Morgan fingerprint density at radius 1 is 1.38 bits per heavy atom. The van der Waals surface area contributed by atoms with Gasteiger partial charge in [0.15, 0.2) is 0 Å². The second-order valence-electron chi connectivity index (χ2n) is 4.91. The highest BCUT2D eigenvalue weighted by Crippen LogP contribution is 2.31. The molecule has 0 bridgehead atoms. The van der Waals surface area contributed by atoms with Crippen molar-refractivity contribution in [1.82, 2.24) is 10.3 Å². The van der Waals surface area contributed by atoms with E-state index in [0.717, 1.165) is 12.2 Å². The third-order valence-corrected chi connectivity index (χ3v) is 3.23. The first-order chi connectivity index (χ1) is 7.42. The summed E-state index contributed by atoms with van der Waals surface area (Å²) in [6, 6.07) is 4.60. The Hall–Kier alpha value is -0.540. The minimum atomic E-state index is 0.247. The Morgan fingerprint density at radius 2 is 2.06 bits per heavy atom. The van der Waals surface area contributed by atoms with Crippen LogP contribution in [0.1, 0.15) is 46.4 Å². The smallest absolute Gasteiger partial charge is 0.0571 e. The van der Waals surface area contributed by atoms with E-state index in [1.807, 2.05) is 18.0 Å². The van der Waals surface area contributed by atoms with E-state index in [4.69, 9.17) is 0 Å². The van der Waals surface area contributed by atoms with Gasteiger partial charge in [-0.3, -0.25) is 4.98 Å². The van der Waals surface area contributed by atoms with Crippen molar-refractivity contribution < 1.29 is 0 Å². The van der Waals surface area contributed by atoms with Gasteiger partial charge in [0.25, 0.3) is 0 Å². The van der Waals surface area contributed by atoms with Gasteiger partial charge in [0, 0.05) is 21.9 Å². The number of aromatic nitrogens is 1. The number of hydrogen-bond donors (Lipinski definition) is 1. The van der Waals surface area contributed by atoms with Crippen LogP contribution in [-0.2, 0) is 0 Å². The molecule has 1 N–H and O–H groups in total. The molecular weight excluding hydrogens is 216 g/mol. The minimum absolute atomic E-state index is 0.247. The lowest BCUT2D eigenvalue weighted by Crippen LogP contribution is -2.18. The minimum Gasteiger partial charge on any atom is -0.309 e. The topological polar surface area (TPSA) is 24.9 Å². The molecule has 2 nitrogen and oxygen atoms in total. The molecule has 0 radical (unpaired) electrons. The van der Waals surface area contributed by atoms with Gasteiger partial charge in [-0.25, -0.2) is 0 Å². The Labute approximate surface area is 103 Å². The first-order valence-electron chi connectivity index (χ1n) is 5.80. The fraction of sp³-hybridized carbons (Fsp3) is 0.615. The largest absolute Gasteiger partial charge is 0.309 e. The summed E-state index contributed by atoms with van der Waals surface area (Å²) in [5.74, 6) is 0.